The molecule has 2 aliphatic rings. The lowest BCUT2D eigenvalue weighted by molar-refractivity contribution is -0.116. The molecule has 9 heteroatoms. The first-order chi connectivity index (χ1) is 18.9. The molecule has 0 amide bonds. The number of carboxylic acid groups (broad SMARTS) is 1. The molecule has 2 aromatic carbocycles. The fraction of sp³-hybridized carbons (Fsp3) is 0.233. The highest BCUT2D eigenvalue weighted by Crippen LogP contribution is 2.52. The molecule has 2 N–H and O–H groups in total. The van der Waals surface area contributed by atoms with E-state index in [0.29, 0.717) is 47.1 Å². The van der Waals surface area contributed by atoms with E-state index in [-0.39, 0.29) is 17.3 Å². The van der Waals surface area contributed by atoms with Crippen molar-refractivity contribution in [1.29, 1.82) is 0 Å². The predicted molar refractivity (Wildman–Crippen MR) is 149 cm³/mol. The Kier molecular flexibility index (Phi) is 6.23. The number of Topliss-reactive ketones (excluding diaryl/α,β-unsaturated/α-hetero) is 1. The number of carbonyl (C=O) groups is 2. The summed E-state index contributed by atoms with van der Waals surface area (Å²) >= 11 is 1.65. The van der Waals surface area contributed by atoms with Crippen LogP contribution in [0.1, 0.15) is 56.7 Å². The maximum Gasteiger partial charge on any atom is 0.337 e. The van der Waals surface area contributed by atoms with Crippen LogP contribution in [0, 0.1) is 6.92 Å². The zero-order valence-corrected chi connectivity index (χ0v) is 22.5. The molecule has 6 rings (SSSR count). The van der Waals surface area contributed by atoms with Gasteiger partial charge in [0, 0.05) is 45.5 Å². The highest BCUT2D eigenvalue weighted by Gasteiger charge is 2.43. The monoisotopic (exact) mass is 541 g/mol. The van der Waals surface area contributed by atoms with Gasteiger partial charge >= 0.3 is 5.97 Å². The van der Waals surface area contributed by atoms with Gasteiger partial charge in [-0.2, -0.15) is 5.10 Å². The van der Waals surface area contributed by atoms with E-state index in [4.69, 9.17) is 14.6 Å². The van der Waals surface area contributed by atoms with E-state index in [1.165, 1.54) is 4.88 Å². The molecule has 2 atom stereocenters. The van der Waals surface area contributed by atoms with E-state index in [0.717, 1.165) is 16.8 Å². The third-order valence-electron chi connectivity index (χ3n) is 7.51. The van der Waals surface area contributed by atoms with Crippen LogP contribution in [0.3, 0.4) is 0 Å². The molecule has 39 heavy (non-hydrogen) atoms. The summed E-state index contributed by atoms with van der Waals surface area (Å²) in [5.41, 5.74) is 4.38. The van der Waals surface area contributed by atoms with Gasteiger partial charge in [0.25, 0.3) is 0 Å². The number of carbonyl (C=O) groups excluding carboxylic acids is 1. The fourth-order valence-electron chi connectivity index (χ4n) is 5.87. The normalized spacial score (nSPS) is 18.3. The molecule has 1 aliphatic carbocycles. The van der Waals surface area contributed by atoms with Gasteiger partial charge in [0.05, 0.1) is 31.2 Å². The molecule has 0 saturated heterocycles. The summed E-state index contributed by atoms with van der Waals surface area (Å²) in [6.45, 7) is 1.88. The summed E-state index contributed by atoms with van der Waals surface area (Å²) in [5.74, 6) is 0.384. The summed E-state index contributed by atoms with van der Waals surface area (Å²) in [5, 5.41) is 20.3. The van der Waals surface area contributed by atoms with E-state index >= 15 is 0 Å². The van der Waals surface area contributed by atoms with Crippen LogP contribution in [0.25, 0.3) is 5.69 Å². The number of ketones is 1. The van der Waals surface area contributed by atoms with Crippen LogP contribution in [-0.4, -0.2) is 40.9 Å². The van der Waals surface area contributed by atoms with Crippen LogP contribution in [0.4, 0.5) is 5.82 Å². The van der Waals surface area contributed by atoms with Crippen molar-refractivity contribution in [1.82, 2.24) is 9.78 Å². The third kappa shape index (κ3) is 4.01. The number of methoxy groups -OCH3 is 2. The number of carboxylic acids is 1. The number of allylic oxidation sites excluding steroid dienone is 2. The van der Waals surface area contributed by atoms with E-state index in [2.05, 4.69) is 11.4 Å². The van der Waals surface area contributed by atoms with Gasteiger partial charge in [0.15, 0.2) is 17.3 Å². The minimum absolute atomic E-state index is 0.0573. The van der Waals surface area contributed by atoms with Crippen LogP contribution < -0.4 is 14.8 Å². The maximum absolute atomic E-state index is 13.9. The molecule has 0 spiro atoms. The summed E-state index contributed by atoms with van der Waals surface area (Å²) < 4.78 is 13.1. The van der Waals surface area contributed by atoms with E-state index < -0.39 is 11.9 Å². The number of fused-ring (bicyclic) bond motifs is 1. The van der Waals surface area contributed by atoms with Crippen molar-refractivity contribution in [3.8, 4) is 17.2 Å². The molecule has 0 unspecified atom stereocenters. The molecule has 0 bridgehead atoms. The number of aromatic carboxylic acids is 1. The van der Waals surface area contributed by atoms with Crippen molar-refractivity contribution in [3.63, 3.8) is 0 Å². The number of hydrogen-bond donors (Lipinski definition) is 2. The average molecular weight is 542 g/mol. The van der Waals surface area contributed by atoms with Gasteiger partial charge in [-0.05, 0) is 43.0 Å². The highest BCUT2D eigenvalue weighted by molar-refractivity contribution is 7.10. The standard InChI is InChI=1S/C30H27N3O5S/c1-16-25-26(19-9-6-11-23(37-2)28(19)38-3)27-20(14-17(15-22(27)34)24-12-7-13-39-24)31-29(25)33(32-16)21-10-5-4-8-18(21)30(35)36/h4-13,17,26,31H,14-15H2,1-3H3,(H,35,36)/t17-,26-/m1/s1. The molecule has 2 aromatic heterocycles. The Bertz CT molecular complexity index is 1640. The number of nitrogens with zero attached hydrogens (tertiary/aromatic N) is 2. The maximum atomic E-state index is 13.9. The van der Waals surface area contributed by atoms with Crippen molar-refractivity contribution >= 4 is 28.9 Å². The Morgan fingerprint density at radius 3 is 2.62 bits per heavy atom. The molecular weight excluding hydrogens is 514 g/mol. The number of anilines is 1. The predicted octanol–water partition coefficient (Wildman–Crippen LogP) is 5.92. The van der Waals surface area contributed by atoms with Crippen LogP contribution in [0.5, 0.6) is 11.5 Å². The quantitative estimate of drug-likeness (QED) is 0.313. The molecular formula is C30H27N3O5S. The van der Waals surface area contributed by atoms with Crippen molar-refractivity contribution in [2.75, 3.05) is 19.5 Å². The Labute approximate surface area is 229 Å². The molecule has 0 radical (unpaired) electrons. The minimum Gasteiger partial charge on any atom is -0.493 e. The van der Waals surface area contributed by atoms with Crippen molar-refractivity contribution < 1.29 is 24.2 Å². The molecule has 198 valence electrons. The van der Waals surface area contributed by atoms with E-state index in [1.807, 2.05) is 36.6 Å². The number of benzene rings is 2. The number of thiophene rings is 1. The first-order valence-electron chi connectivity index (χ1n) is 12.6. The first-order valence-corrected chi connectivity index (χ1v) is 13.5. The second-order valence-corrected chi connectivity index (χ2v) is 10.6. The number of ether oxygens (including phenoxy) is 2. The second kappa shape index (κ2) is 9.74. The lowest BCUT2D eigenvalue weighted by Gasteiger charge is -2.36. The smallest absolute Gasteiger partial charge is 0.337 e. The average Bonchev–Trinajstić information content (AvgIpc) is 3.60. The van der Waals surface area contributed by atoms with Gasteiger partial charge in [-0.3, -0.25) is 4.79 Å². The number of aryl methyl sites for hydroxylation is 1. The summed E-state index contributed by atoms with van der Waals surface area (Å²) in [7, 11) is 3.18. The van der Waals surface area contributed by atoms with Gasteiger partial charge in [-0.25, -0.2) is 9.48 Å². The minimum atomic E-state index is -1.04. The number of hydrogen-bond acceptors (Lipinski definition) is 7. The van der Waals surface area contributed by atoms with Crippen LogP contribution >= 0.6 is 11.3 Å². The SMILES string of the molecule is COc1cccc([C@H]2C3=C(C[C@@H](c4cccs4)CC3=O)Nc3c2c(C)nn3-c2ccccc2C(=O)O)c1OC. The number of aromatic nitrogens is 2. The first kappa shape index (κ1) is 24.9. The molecule has 0 fully saturated rings. The third-order valence-corrected chi connectivity index (χ3v) is 8.55. The summed E-state index contributed by atoms with van der Waals surface area (Å²) in [4.78, 5) is 27.2. The molecule has 4 aromatic rings. The lowest BCUT2D eigenvalue weighted by atomic mass is 9.73. The zero-order valence-electron chi connectivity index (χ0n) is 21.7. The van der Waals surface area contributed by atoms with Crippen molar-refractivity contribution in [3.05, 3.63) is 98.5 Å². The topological polar surface area (TPSA) is 103 Å². The molecule has 3 heterocycles. The van der Waals surface area contributed by atoms with Gasteiger partial charge in [-0.15, -0.1) is 11.3 Å². The second-order valence-electron chi connectivity index (χ2n) is 9.66. The Morgan fingerprint density at radius 2 is 1.90 bits per heavy atom. The van der Waals surface area contributed by atoms with Crippen molar-refractivity contribution in [2.24, 2.45) is 0 Å². The van der Waals surface area contributed by atoms with Crippen molar-refractivity contribution in [2.45, 2.75) is 31.6 Å². The number of para-hydroxylation sites is 2. The lowest BCUT2D eigenvalue weighted by Crippen LogP contribution is -2.30. The van der Waals surface area contributed by atoms with Gasteiger partial charge in [-0.1, -0.05) is 30.3 Å². The van der Waals surface area contributed by atoms with Gasteiger partial charge in [0.1, 0.15) is 5.82 Å². The largest absolute Gasteiger partial charge is 0.493 e. The summed E-state index contributed by atoms with van der Waals surface area (Å²) in [6, 6.07) is 16.5. The van der Waals surface area contributed by atoms with E-state index in [9.17, 15) is 14.7 Å². The Hall–Kier alpha value is -4.37. The number of rotatable bonds is 6. The van der Waals surface area contributed by atoms with Gasteiger partial charge in [0.2, 0.25) is 0 Å². The fourth-order valence-corrected chi connectivity index (χ4v) is 6.70. The highest BCUT2D eigenvalue weighted by atomic mass is 32.1. The van der Waals surface area contributed by atoms with Crippen LogP contribution in [0.2, 0.25) is 0 Å². The van der Waals surface area contributed by atoms with Gasteiger partial charge < -0.3 is 19.9 Å². The summed E-state index contributed by atoms with van der Waals surface area (Å²) in [6.07, 6.45) is 1.06. The molecule has 0 saturated carbocycles. The Morgan fingerprint density at radius 1 is 1.08 bits per heavy atom. The Balaban J connectivity index is 1.61. The van der Waals surface area contributed by atoms with Crippen LogP contribution in [0.15, 0.2) is 71.2 Å². The molecule has 8 nitrogen and oxygen atoms in total. The number of nitrogens with one attached hydrogen (secondary N) is 1. The molecule has 1 aliphatic heterocycles. The zero-order chi connectivity index (χ0) is 27.3. The van der Waals surface area contributed by atoms with E-state index in [1.54, 1.807) is 54.5 Å². The van der Waals surface area contributed by atoms with Crippen LogP contribution in [-0.2, 0) is 4.79 Å².